The molecule has 1 N–H and O–H groups in total. The molecule has 2 aromatic carbocycles. The van der Waals surface area contributed by atoms with E-state index in [0.717, 1.165) is 21.4 Å². The maximum Gasteiger partial charge on any atom is 0.101 e. The first-order valence-corrected chi connectivity index (χ1v) is 6.50. The fourth-order valence-corrected chi connectivity index (χ4v) is 2.32. The Bertz CT molecular complexity index is 632. The molecule has 0 spiro atoms. The summed E-state index contributed by atoms with van der Waals surface area (Å²) in [5.41, 5.74) is 3.23. The lowest BCUT2D eigenvalue weighted by Crippen LogP contribution is -1.95. The lowest BCUT2D eigenvalue weighted by molar-refractivity contribution is 1.41. The molecule has 2 rings (SSSR count). The number of benzene rings is 2. The number of nitrogens with zero attached hydrogens (tertiary/aromatic N) is 1. The van der Waals surface area contributed by atoms with Crippen molar-refractivity contribution in [1.29, 1.82) is 5.26 Å². The molecule has 0 unspecified atom stereocenters. The maximum atomic E-state index is 9.07. The van der Waals surface area contributed by atoms with Crippen molar-refractivity contribution in [1.82, 2.24) is 0 Å². The summed E-state index contributed by atoms with van der Waals surface area (Å²) in [6, 6.07) is 13.4. The molecule has 0 heterocycles. The Balaban J connectivity index is 2.40. The van der Waals surface area contributed by atoms with Gasteiger partial charge in [0.15, 0.2) is 0 Å². The van der Waals surface area contributed by atoms with Crippen LogP contribution in [0.2, 0.25) is 5.02 Å². The Kier molecular flexibility index (Phi) is 3.90. The van der Waals surface area contributed by atoms with Crippen molar-refractivity contribution >= 4 is 38.9 Å². The second-order valence-electron chi connectivity index (χ2n) is 3.91. The third kappa shape index (κ3) is 2.84. The number of nitrogens with one attached hydrogen (secondary N) is 1. The molecule has 4 heteroatoms. The van der Waals surface area contributed by atoms with E-state index in [4.69, 9.17) is 16.9 Å². The summed E-state index contributed by atoms with van der Waals surface area (Å²) in [5.74, 6) is 0. The molecule has 0 saturated carbocycles. The molecule has 18 heavy (non-hydrogen) atoms. The quantitative estimate of drug-likeness (QED) is 0.842. The highest BCUT2D eigenvalue weighted by molar-refractivity contribution is 9.10. The number of anilines is 2. The second-order valence-corrected chi connectivity index (χ2v) is 5.23. The van der Waals surface area contributed by atoms with Crippen LogP contribution < -0.4 is 5.32 Å². The zero-order valence-corrected chi connectivity index (χ0v) is 12.0. The SMILES string of the molecule is Cc1ccc(C#N)c(Nc2ccc(Br)cc2Cl)c1. The van der Waals surface area contributed by atoms with Crippen LogP contribution in [0.5, 0.6) is 0 Å². The van der Waals surface area contributed by atoms with Gasteiger partial charge in [0, 0.05) is 4.47 Å². The van der Waals surface area contributed by atoms with E-state index in [9.17, 15) is 0 Å². The molecule has 0 aliphatic heterocycles. The van der Waals surface area contributed by atoms with E-state index in [-0.39, 0.29) is 0 Å². The van der Waals surface area contributed by atoms with Crippen LogP contribution in [0.3, 0.4) is 0 Å². The van der Waals surface area contributed by atoms with Crippen LogP contribution in [0.25, 0.3) is 0 Å². The molecule has 0 radical (unpaired) electrons. The summed E-state index contributed by atoms with van der Waals surface area (Å²) in [7, 11) is 0. The molecular weight excluding hydrogens is 312 g/mol. The molecule has 0 bridgehead atoms. The minimum absolute atomic E-state index is 0.597. The largest absolute Gasteiger partial charge is 0.353 e. The van der Waals surface area contributed by atoms with E-state index in [2.05, 4.69) is 27.3 Å². The van der Waals surface area contributed by atoms with Crippen molar-refractivity contribution in [3.63, 3.8) is 0 Å². The normalized spacial score (nSPS) is 9.89. The molecule has 0 aliphatic rings. The molecule has 2 nitrogen and oxygen atoms in total. The fourth-order valence-electron chi connectivity index (χ4n) is 1.59. The Hall–Kier alpha value is -1.50. The highest BCUT2D eigenvalue weighted by atomic mass is 79.9. The van der Waals surface area contributed by atoms with Crippen molar-refractivity contribution in [3.8, 4) is 6.07 Å². The van der Waals surface area contributed by atoms with Crippen LogP contribution in [0, 0.1) is 18.3 Å². The number of rotatable bonds is 2. The van der Waals surface area contributed by atoms with Crippen molar-refractivity contribution < 1.29 is 0 Å². The van der Waals surface area contributed by atoms with E-state index in [1.807, 2.05) is 37.3 Å². The summed E-state index contributed by atoms with van der Waals surface area (Å²) >= 11 is 9.50. The zero-order chi connectivity index (χ0) is 13.1. The number of aryl methyl sites for hydroxylation is 1. The number of halogens is 2. The summed E-state index contributed by atoms with van der Waals surface area (Å²) in [6.07, 6.45) is 0. The lowest BCUT2D eigenvalue weighted by atomic mass is 10.1. The summed E-state index contributed by atoms with van der Waals surface area (Å²) in [6.45, 7) is 1.98. The summed E-state index contributed by atoms with van der Waals surface area (Å²) < 4.78 is 0.919. The number of hydrogen-bond acceptors (Lipinski definition) is 2. The average molecular weight is 322 g/mol. The van der Waals surface area contributed by atoms with E-state index < -0.39 is 0 Å². The van der Waals surface area contributed by atoms with Gasteiger partial charge >= 0.3 is 0 Å². The van der Waals surface area contributed by atoms with Crippen LogP contribution in [-0.4, -0.2) is 0 Å². The van der Waals surface area contributed by atoms with E-state index in [0.29, 0.717) is 10.6 Å². The van der Waals surface area contributed by atoms with E-state index in [1.165, 1.54) is 0 Å². The molecule has 0 atom stereocenters. The third-order valence-corrected chi connectivity index (χ3v) is 3.30. The van der Waals surface area contributed by atoms with Gasteiger partial charge in [-0.25, -0.2) is 0 Å². The van der Waals surface area contributed by atoms with Crippen LogP contribution >= 0.6 is 27.5 Å². The highest BCUT2D eigenvalue weighted by Crippen LogP contribution is 2.29. The van der Waals surface area contributed by atoms with Gasteiger partial charge < -0.3 is 5.32 Å². The Labute approximate surface area is 119 Å². The fraction of sp³-hybridized carbons (Fsp3) is 0.0714. The van der Waals surface area contributed by atoms with Gasteiger partial charge in [0.05, 0.1) is 22.0 Å². The van der Waals surface area contributed by atoms with E-state index in [1.54, 1.807) is 6.07 Å². The number of hydrogen-bond donors (Lipinski definition) is 1. The topological polar surface area (TPSA) is 35.8 Å². The van der Waals surface area contributed by atoms with Gasteiger partial charge in [-0.2, -0.15) is 5.26 Å². The molecule has 0 aromatic heterocycles. The van der Waals surface area contributed by atoms with Crippen molar-refractivity contribution in [2.75, 3.05) is 5.32 Å². The minimum atomic E-state index is 0.597. The lowest BCUT2D eigenvalue weighted by Gasteiger charge is -2.11. The van der Waals surface area contributed by atoms with Crippen molar-refractivity contribution in [2.24, 2.45) is 0 Å². The summed E-state index contributed by atoms with van der Waals surface area (Å²) in [5, 5.41) is 12.9. The maximum absolute atomic E-state index is 9.07. The number of nitriles is 1. The third-order valence-electron chi connectivity index (χ3n) is 2.50. The highest BCUT2D eigenvalue weighted by Gasteiger charge is 2.05. The molecular formula is C14H10BrClN2. The van der Waals surface area contributed by atoms with Crippen LogP contribution in [0.1, 0.15) is 11.1 Å². The average Bonchev–Trinajstić information content (AvgIpc) is 2.33. The first kappa shape index (κ1) is 12.9. The Morgan fingerprint density at radius 1 is 1.17 bits per heavy atom. The molecule has 0 amide bonds. The van der Waals surface area contributed by atoms with Gasteiger partial charge in [-0.1, -0.05) is 33.6 Å². The van der Waals surface area contributed by atoms with Gasteiger partial charge in [-0.3, -0.25) is 0 Å². The second kappa shape index (κ2) is 5.43. The van der Waals surface area contributed by atoms with Crippen LogP contribution in [-0.2, 0) is 0 Å². The minimum Gasteiger partial charge on any atom is -0.353 e. The zero-order valence-electron chi connectivity index (χ0n) is 9.67. The van der Waals surface area contributed by atoms with Crippen molar-refractivity contribution in [2.45, 2.75) is 6.92 Å². The Morgan fingerprint density at radius 2 is 1.94 bits per heavy atom. The monoisotopic (exact) mass is 320 g/mol. The molecule has 0 fully saturated rings. The smallest absolute Gasteiger partial charge is 0.101 e. The molecule has 90 valence electrons. The van der Waals surface area contributed by atoms with Gasteiger partial charge in [0.1, 0.15) is 6.07 Å². The van der Waals surface area contributed by atoms with Crippen LogP contribution in [0.15, 0.2) is 40.9 Å². The molecule has 0 aliphatic carbocycles. The van der Waals surface area contributed by atoms with Gasteiger partial charge in [-0.15, -0.1) is 0 Å². The summed E-state index contributed by atoms with van der Waals surface area (Å²) in [4.78, 5) is 0. The van der Waals surface area contributed by atoms with Crippen LogP contribution in [0.4, 0.5) is 11.4 Å². The standard InChI is InChI=1S/C14H10BrClN2/c1-9-2-3-10(8-17)14(6-9)18-13-5-4-11(15)7-12(13)16/h2-7,18H,1H3. The predicted molar refractivity (Wildman–Crippen MR) is 78.3 cm³/mol. The van der Waals surface area contributed by atoms with Gasteiger partial charge in [-0.05, 0) is 42.8 Å². The molecule has 0 saturated heterocycles. The van der Waals surface area contributed by atoms with Gasteiger partial charge in [0.2, 0.25) is 0 Å². The van der Waals surface area contributed by atoms with Gasteiger partial charge in [0.25, 0.3) is 0 Å². The first-order valence-electron chi connectivity index (χ1n) is 5.33. The molecule has 2 aromatic rings. The van der Waals surface area contributed by atoms with Crippen molar-refractivity contribution in [3.05, 3.63) is 57.0 Å². The first-order chi connectivity index (χ1) is 8.60. The Morgan fingerprint density at radius 3 is 2.61 bits per heavy atom. The van der Waals surface area contributed by atoms with E-state index >= 15 is 0 Å². The predicted octanol–water partition coefficient (Wildman–Crippen LogP) is 5.03.